The van der Waals surface area contributed by atoms with Crippen LogP contribution in [0.25, 0.3) is 0 Å². The Balaban J connectivity index is 2.08. The van der Waals surface area contributed by atoms with E-state index in [-0.39, 0.29) is 11.3 Å². The molecule has 0 aliphatic heterocycles. The predicted octanol–water partition coefficient (Wildman–Crippen LogP) is 6.13. The Morgan fingerprint density at radius 1 is 0.906 bits per heavy atom. The number of benzene rings is 3. The molecule has 0 saturated heterocycles. The number of nitrogens with zero attached hydrogens (tertiary/aromatic N) is 1. The zero-order valence-corrected chi connectivity index (χ0v) is 18.7. The van der Waals surface area contributed by atoms with Crippen molar-refractivity contribution in [3.8, 4) is 5.40 Å². The number of para-hydroxylation sites is 1. The minimum atomic E-state index is -1.07. The number of nitriles is 1. The van der Waals surface area contributed by atoms with Crippen LogP contribution in [0.1, 0.15) is 57.7 Å². The number of carbonyl (C=O) groups is 2. The summed E-state index contributed by atoms with van der Waals surface area (Å²) in [6, 6.07) is 22.6. The van der Waals surface area contributed by atoms with Gasteiger partial charge in [0.05, 0.1) is 11.6 Å². The van der Waals surface area contributed by atoms with E-state index in [0.717, 1.165) is 22.9 Å². The molecule has 0 aliphatic carbocycles. The van der Waals surface area contributed by atoms with Gasteiger partial charge in [0.2, 0.25) is 0 Å². The molecule has 2 N–H and O–H groups in total. The zero-order chi connectivity index (χ0) is 23.1. The van der Waals surface area contributed by atoms with E-state index in [2.05, 4.69) is 24.6 Å². The van der Waals surface area contributed by atoms with Gasteiger partial charge >= 0.3 is 5.97 Å². The van der Waals surface area contributed by atoms with Crippen LogP contribution in [-0.4, -0.2) is 22.1 Å². The third kappa shape index (κ3) is 5.37. The van der Waals surface area contributed by atoms with Crippen LogP contribution in [0.4, 0.5) is 5.69 Å². The molecule has 0 radical (unpaired) electrons. The summed E-state index contributed by atoms with van der Waals surface area (Å²) in [5.41, 5.74) is 2.94. The van der Waals surface area contributed by atoms with Gasteiger partial charge in [-0.2, -0.15) is 5.26 Å². The molecule has 3 rings (SSSR count). The molecule has 32 heavy (non-hydrogen) atoms. The lowest BCUT2D eigenvalue weighted by Gasteiger charge is -2.27. The fourth-order valence-electron chi connectivity index (χ4n) is 3.48. The van der Waals surface area contributed by atoms with Gasteiger partial charge in [0.1, 0.15) is 10.7 Å². The standard InChI is InChI=1S/C26H24N2O3S/c1-17(2)18-12-14-19(15-13-18)23(28-22-11-7-6-10-21(22)26(30)31)25(32-16-27)24(29)20-8-4-3-5-9-20/h3-15,17,23,25,28H,1-2H3,(H,30,31)/t23-,25-/m1/s1. The van der Waals surface area contributed by atoms with Crippen molar-refractivity contribution in [3.63, 3.8) is 0 Å². The quantitative estimate of drug-likeness (QED) is 0.305. The lowest BCUT2D eigenvalue weighted by atomic mass is 9.94. The molecule has 0 saturated carbocycles. The molecule has 6 heteroatoms. The van der Waals surface area contributed by atoms with E-state index in [0.29, 0.717) is 17.2 Å². The Hall–Kier alpha value is -3.56. The van der Waals surface area contributed by atoms with Gasteiger partial charge < -0.3 is 10.4 Å². The number of ketones is 1. The van der Waals surface area contributed by atoms with E-state index in [4.69, 9.17) is 0 Å². The Labute approximate surface area is 192 Å². The number of hydrogen-bond acceptors (Lipinski definition) is 5. The van der Waals surface area contributed by atoms with Crippen molar-refractivity contribution in [3.05, 3.63) is 101 Å². The fraction of sp³-hybridized carbons (Fsp3) is 0.192. The third-order valence-corrected chi connectivity index (χ3v) is 6.08. The lowest BCUT2D eigenvalue weighted by Crippen LogP contribution is -2.31. The second-order valence-corrected chi connectivity index (χ2v) is 8.58. The number of carbonyl (C=O) groups excluding carboxylic acids is 1. The molecule has 3 aromatic rings. The molecule has 0 amide bonds. The summed E-state index contributed by atoms with van der Waals surface area (Å²) >= 11 is 0.872. The van der Waals surface area contributed by atoms with Crippen molar-refractivity contribution in [1.29, 1.82) is 5.26 Å². The molecule has 0 bridgehead atoms. The van der Waals surface area contributed by atoms with Gasteiger partial charge in [-0.05, 0) is 40.9 Å². The molecule has 162 valence electrons. The minimum Gasteiger partial charge on any atom is -0.478 e. The number of hydrogen-bond donors (Lipinski definition) is 2. The number of anilines is 1. The highest BCUT2D eigenvalue weighted by Gasteiger charge is 2.32. The number of nitrogens with one attached hydrogen (secondary N) is 1. The number of aromatic carboxylic acids is 1. The first-order valence-corrected chi connectivity index (χ1v) is 11.1. The van der Waals surface area contributed by atoms with Crippen LogP contribution >= 0.6 is 11.8 Å². The molecule has 0 aromatic heterocycles. The maximum Gasteiger partial charge on any atom is 0.337 e. The van der Waals surface area contributed by atoms with Crippen molar-refractivity contribution in [1.82, 2.24) is 0 Å². The monoisotopic (exact) mass is 444 g/mol. The number of carboxylic acid groups (broad SMARTS) is 1. The maximum atomic E-state index is 13.4. The van der Waals surface area contributed by atoms with Crippen molar-refractivity contribution in [2.75, 3.05) is 5.32 Å². The average Bonchev–Trinajstić information content (AvgIpc) is 2.81. The van der Waals surface area contributed by atoms with Gasteiger partial charge in [0.25, 0.3) is 0 Å². The summed E-state index contributed by atoms with van der Waals surface area (Å²) in [4.78, 5) is 25.2. The highest BCUT2D eigenvalue weighted by molar-refractivity contribution is 8.05. The van der Waals surface area contributed by atoms with E-state index in [1.54, 1.807) is 42.5 Å². The Kier molecular flexibility index (Phi) is 7.69. The number of thioether (sulfide) groups is 1. The molecule has 5 nitrogen and oxygen atoms in total. The molecule has 0 fully saturated rings. The summed E-state index contributed by atoms with van der Waals surface area (Å²) in [6.45, 7) is 4.20. The van der Waals surface area contributed by atoms with Crippen LogP contribution in [-0.2, 0) is 0 Å². The van der Waals surface area contributed by atoms with Crippen LogP contribution in [0.15, 0.2) is 78.9 Å². The highest BCUT2D eigenvalue weighted by Crippen LogP contribution is 2.34. The highest BCUT2D eigenvalue weighted by atomic mass is 32.2. The normalized spacial score (nSPS) is 12.6. The topological polar surface area (TPSA) is 90.2 Å². The van der Waals surface area contributed by atoms with Gasteiger partial charge in [-0.3, -0.25) is 4.79 Å². The van der Waals surface area contributed by atoms with Crippen LogP contribution in [0.2, 0.25) is 0 Å². The number of thiocyanates is 1. The summed E-state index contributed by atoms with van der Waals surface area (Å²) in [5, 5.41) is 23.6. The van der Waals surface area contributed by atoms with Gasteiger partial charge in [-0.25, -0.2) is 4.79 Å². The molecule has 3 aromatic carbocycles. The fourth-order valence-corrected chi connectivity index (χ4v) is 4.20. The van der Waals surface area contributed by atoms with E-state index >= 15 is 0 Å². The Bertz CT molecular complexity index is 1120. The molecule has 2 atom stereocenters. The average molecular weight is 445 g/mol. The molecule has 0 unspecified atom stereocenters. The van der Waals surface area contributed by atoms with Crippen LogP contribution in [0.3, 0.4) is 0 Å². The second-order valence-electron chi connectivity index (χ2n) is 7.65. The lowest BCUT2D eigenvalue weighted by molar-refractivity contribution is 0.0697. The summed E-state index contributed by atoms with van der Waals surface area (Å²) < 4.78 is 0. The van der Waals surface area contributed by atoms with Crippen LogP contribution in [0.5, 0.6) is 0 Å². The van der Waals surface area contributed by atoms with Gasteiger partial charge in [0.15, 0.2) is 5.78 Å². The minimum absolute atomic E-state index is 0.101. The van der Waals surface area contributed by atoms with E-state index in [9.17, 15) is 20.0 Å². The van der Waals surface area contributed by atoms with Crippen molar-refractivity contribution in [2.45, 2.75) is 31.1 Å². The predicted molar refractivity (Wildman–Crippen MR) is 128 cm³/mol. The molecule has 0 aliphatic rings. The Morgan fingerprint density at radius 2 is 1.50 bits per heavy atom. The van der Waals surface area contributed by atoms with Crippen LogP contribution < -0.4 is 5.32 Å². The first-order valence-electron chi connectivity index (χ1n) is 10.2. The first-order chi connectivity index (χ1) is 15.4. The summed E-state index contributed by atoms with van der Waals surface area (Å²) in [6.07, 6.45) is 0. The smallest absolute Gasteiger partial charge is 0.337 e. The molecule has 0 heterocycles. The largest absolute Gasteiger partial charge is 0.478 e. The van der Waals surface area contributed by atoms with Gasteiger partial charge in [0, 0.05) is 11.3 Å². The van der Waals surface area contributed by atoms with Gasteiger partial charge in [-0.15, -0.1) is 0 Å². The second kappa shape index (κ2) is 10.7. The van der Waals surface area contributed by atoms with Gasteiger partial charge in [-0.1, -0.05) is 80.6 Å². The SMILES string of the molecule is CC(C)c1ccc([C@@H](Nc2ccccc2C(=O)O)[C@@H](SC#N)C(=O)c2ccccc2)cc1. The molecular formula is C26H24N2O3S. The summed E-state index contributed by atoms with van der Waals surface area (Å²) in [5.74, 6) is -0.922. The van der Waals surface area contributed by atoms with E-state index in [1.165, 1.54) is 6.07 Å². The third-order valence-electron chi connectivity index (χ3n) is 5.23. The van der Waals surface area contributed by atoms with Crippen molar-refractivity contribution < 1.29 is 14.7 Å². The Morgan fingerprint density at radius 3 is 2.09 bits per heavy atom. The van der Waals surface area contributed by atoms with Crippen LogP contribution in [0, 0.1) is 10.7 Å². The number of rotatable bonds is 9. The van der Waals surface area contributed by atoms with E-state index < -0.39 is 17.3 Å². The number of Topliss-reactive ketones (excluding diaryl/α,β-unsaturated/α-hetero) is 1. The number of carboxylic acids is 1. The zero-order valence-electron chi connectivity index (χ0n) is 17.9. The maximum absolute atomic E-state index is 13.4. The first kappa shape index (κ1) is 23.1. The van der Waals surface area contributed by atoms with Crippen molar-refractivity contribution in [2.24, 2.45) is 0 Å². The summed E-state index contributed by atoms with van der Waals surface area (Å²) in [7, 11) is 0. The molecular weight excluding hydrogens is 420 g/mol. The van der Waals surface area contributed by atoms with E-state index in [1.807, 2.05) is 30.3 Å². The molecule has 0 spiro atoms. The van der Waals surface area contributed by atoms with Crippen molar-refractivity contribution >= 4 is 29.2 Å².